The van der Waals surface area contributed by atoms with E-state index in [1.54, 1.807) is 35.9 Å². The highest BCUT2D eigenvalue weighted by Gasteiger charge is 2.38. The molecular weight excluding hydrogens is 442 g/mol. The lowest BCUT2D eigenvalue weighted by Gasteiger charge is -2.37. The van der Waals surface area contributed by atoms with Crippen LogP contribution in [0.2, 0.25) is 0 Å². The summed E-state index contributed by atoms with van der Waals surface area (Å²) in [5.41, 5.74) is 0.656. The van der Waals surface area contributed by atoms with Crippen molar-refractivity contribution in [1.29, 1.82) is 0 Å². The predicted octanol–water partition coefficient (Wildman–Crippen LogP) is 1.48. The van der Waals surface area contributed by atoms with E-state index in [4.69, 9.17) is 4.74 Å². The summed E-state index contributed by atoms with van der Waals surface area (Å²) < 4.78 is 34.6. The largest absolute Gasteiger partial charge is 0.487 e. The van der Waals surface area contributed by atoms with Crippen LogP contribution in [0.4, 0.5) is 0 Å². The number of hydrogen-bond acceptors (Lipinski definition) is 6. The van der Waals surface area contributed by atoms with Gasteiger partial charge in [0.15, 0.2) is 0 Å². The third-order valence-corrected chi connectivity index (χ3v) is 7.52. The summed E-state index contributed by atoms with van der Waals surface area (Å²) in [5.74, 6) is 6.24. The van der Waals surface area contributed by atoms with Crippen LogP contribution in [0, 0.1) is 23.7 Å². The van der Waals surface area contributed by atoms with Crippen LogP contribution < -0.4 is 4.74 Å². The first-order valence-corrected chi connectivity index (χ1v) is 12.6. The maximum atomic E-state index is 13.5. The van der Waals surface area contributed by atoms with Crippen molar-refractivity contribution in [1.82, 2.24) is 14.1 Å². The molecule has 0 bridgehead atoms. The molecule has 0 saturated heterocycles. The minimum Gasteiger partial charge on any atom is -0.487 e. The second kappa shape index (κ2) is 11.3. The van der Waals surface area contributed by atoms with E-state index in [1.165, 1.54) is 10.4 Å². The van der Waals surface area contributed by atoms with Gasteiger partial charge in [0.05, 0.1) is 19.7 Å². The summed E-state index contributed by atoms with van der Waals surface area (Å²) in [7, 11) is 1.47. The van der Waals surface area contributed by atoms with Crippen molar-refractivity contribution in [3.63, 3.8) is 0 Å². The zero-order valence-corrected chi connectivity index (χ0v) is 21.5. The van der Waals surface area contributed by atoms with E-state index < -0.39 is 22.2 Å². The van der Waals surface area contributed by atoms with E-state index in [2.05, 4.69) is 11.8 Å². The average molecular weight is 480 g/mol. The SMILES string of the molecule is CC(C)C#Cc1ccc2c(c1)O[C@H](CN(C)C(=O)CN(C)C)[C@H](C)CN([C@@H](C)CO)S2(=O)=O. The van der Waals surface area contributed by atoms with Crippen molar-refractivity contribution in [3.8, 4) is 17.6 Å². The van der Waals surface area contributed by atoms with Gasteiger partial charge >= 0.3 is 0 Å². The second-order valence-electron chi connectivity index (χ2n) is 9.34. The number of carbonyl (C=O) groups is 1. The van der Waals surface area contributed by atoms with Crippen LogP contribution in [0.3, 0.4) is 0 Å². The summed E-state index contributed by atoms with van der Waals surface area (Å²) in [6.07, 6.45) is -0.447. The van der Waals surface area contributed by atoms with Crippen molar-refractivity contribution >= 4 is 15.9 Å². The molecule has 0 aromatic heterocycles. The van der Waals surface area contributed by atoms with Crippen LogP contribution in [0.15, 0.2) is 23.1 Å². The number of amides is 1. The van der Waals surface area contributed by atoms with E-state index >= 15 is 0 Å². The van der Waals surface area contributed by atoms with Gasteiger partial charge in [-0.3, -0.25) is 4.79 Å². The first-order chi connectivity index (χ1) is 15.4. The Morgan fingerprint density at radius 3 is 2.52 bits per heavy atom. The molecule has 1 aliphatic heterocycles. The summed E-state index contributed by atoms with van der Waals surface area (Å²) in [6.45, 7) is 7.97. The lowest BCUT2D eigenvalue weighted by molar-refractivity contribution is -0.132. The Hall–Kier alpha value is -2.12. The molecule has 1 N–H and O–H groups in total. The Balaban J connectivity index is 2.53. The molecule has 0 spiro atoms. The molecule has 1 aromatic rings. The smallest absolute Gasteiger partial charge is 0.247 e. The van der Waals surface area contributed by atoms with Gasteiger partial charge in [0.1, 0.15) is 16.7 Å². The molecular formula is C24H37N3O5S. The highest BCUT2D eigenvalue weighted by molar-refractivity contribution is 7.89. The van der Waals surface area contributed by atoms with Crippen LogP contribution in [0.25, 0.3) is 0 Å². The number of hydrogen-bond donors (Lipinski definition) is 1. The van der Waals surface area contributed by atoms with E-state index in [9.17, 15) is 18.3 Å². The first kappa shape index (κ1) is 27.1. The standard InChI is InChI=1S/C24H37N3O5S/c1-17(2)8-9-20-10-11-23-21(12-20)32-22(14-26(7)24(29)15-25(5)6)18(3)13-27(19(4)16-28)33(23,30)31/h10-12,17-19,22,28H,13-16H2,1-7H3/t18-,19+,22-/m1/s1. The maximum absolute atomic E-state index is 13.5. The number of aliphatic hydroxyl groups is 1. The number of likely N-dealkylation sites (N-methyl/N-ethyl adjacent to an activating group) is 2. The predicted molar refractivity (Wildman–Crippen MR) is 128 cm³/mol. The van der Waals surface area contributed by atoms with Crippen molar-refractivity contribution in [2.45, 2.75) is 44.7 Å². The van der Waals surface area contributed by atoms with Crippen LogP contribution in [0.1, 0.15) is 33.3 Å². The molecule has 1 heterocycles. The minimum absolute atomic E-state index is 0.0390. The quantitative estimate of drug-likeness (QED) is 0.622. The fraction of sp³-hybridized carbons (Fsp3) is 0.625. The lowest BCUT2D eigenvalue weighted by atomic mass is 10.0. The van der Waals surface area contributed by atoms with Gasteiger partial charge in [-0.25, -0.2) is 8.42 Å². The number of fused-ring (bicyclic) bond motifs is 1. The van der Waals surface area contributed by atoms with E-state index in [0.717, 1.165) is 0 Å². The number of carbonyl (C=O) groups excluding carboxylic acids is 1. The molecule has 1 aliphatic rings. The molecule has 1 aromatic carbocycles. The van der Waals surface area contributed by atoms with Crippen molar-refractivity contribution in [3.05, 3.63) is 23.8 Å². The monoisotopic (exact) mass is 479 g/mol. The molecule has 0 unspecified atom stereocenters. The molecule has 33 heavy (non-hydrogen) atoms. The molecule has 8 nitrogen and oxygen atoms in total. The molecule has 0 saturated carbocycles. The molecule has 1 amide bonds. The zero-order chi connectivity index (χ0) is 24.9. The Morgan fingerprint density at radius 1 is 1.27 bits per heavy atom. The molecule has 0 fully saturated rings. The van der Waals surface area contributed by atoms with Gasteiger partial charge in [0.25, 0.3) is 0 Å². The summed E-state index contributed by atoms with van der Waals surface area (Å²) in [5, 5.41) is 9.74. The average Bonchev–Trinajstić information content (AvgIpc) is 2.73. The zero-order valence-electron chi connectivity index (χ0n) is 20.7. The third-order valence-electron chi connectivity index (χ3n) is 5.50. The Labute approximate surface area is 198 Å². The summed E-state index contributed by atoms with van der Waals surface area (Å²) in [4.78, 5) is 16.0. The molecule has 9 heteroatoms. The highest BCUT2D eigenvalue weighted by Crippen LogP contribution is 2.34. The number of ether oxygens (including phenoxy) is 1. The normalized spacial score (nSPS) is 21.3. The third kappa shape index (κ3) is 6.93. The van der Waals surface area contributed by atoms with E-state index in [1.807, 2.05) is 34.9 Å². The Kier molecular flexibility index (Phi) is 9.32. The fourth-order valence-corrected chi connectivity index (χ4v) is 5.34. The molecule has 0 aliphatic carbocycles. The number of nitrogens with zero attached hydrogens (tertiary/aromatic N) is 3. The Morgan fingerprint density at radius 2 is 1.94 bits per heavy atom. The number of aliphatic hydroxyl groups excluding tert-OH is 1. The Bertz CT molecular complexity index is 997. The molecule has 184 valence electrons. The topological polar surface area (TPSA) is 90.4 Å². The van der Waals surface area contributed by atoms with Crippen molar-refractivity contribution in [2.75, 3.05) is 47.4 Å². The maximum Gasteiger partial charge on any atom is 0.247 e. The number of benzene rings is 1. The van der Waals surface area contributed by atoms with E-state index in [0.29, 0.717) is 12.1 Å². The van der Waals surface area contributed by atoms with Crippen molar-refractivity contribution < 1.29 is 23.1 Å². The number of sulfonamides is 1. The van der Waals surface area contributed by atoms with Crippen LogP contribution >= 0.6 is 0 Å². The van der Waals surface area contributed by atoms with Gasteiger partial charge in [0.2, 0.25) is 15.9 Å². The molecule has 2 rings (SSSR count). The molecule has 0 radical (unpaired) electrons. The van der Waals surface area contributed by atoms with Gasteiger partial charge in [-0.1, -0.05) is 32.6 Å². The van der Waals surface area contributed by atoms with Gasteiger partial charge in [-0.15, -0.1) is 0 Å². The van der Waals surface area contributed by atoms with Gasteiger partial charge in [0, 0.05) is 37.0 Å². The van der Waals surface area contributed by atoms with Crippen LogP contribution in [-0.2, 0) is 14.8 Å². The van der Waals surface area contributed by atoms with Gasteiger partial charge in [-0.2, -0.15) is 4.31 Å². The second-order valence-corrected chi connectivity index (χ2v) is 11.2. The highest BCUT2D eigenvalue weighted by atomic mass is 32.2. The van der Waals surface area contributed by atoms with Gasteiger partial charge < -0.3 is 19.6 Å². The first-order valence-electron chi connectivity index (χ1n) is 11.2. The number of rotatable bonds is 6. The van der Waals surface area contributed by atoms with E-state index in [-0.39, 0.29) is 48.1 Å². The van der Waals surface area contributed by atoms with Gasteiger partial charge in [-0.05, 0) is 39.2 Å². The molecule has 3 atom stereocenters. The summed E-state index contributed by atoms with van der Waals surface area (Å²) >= 11 is 0. The fourth-order valence-electron chi connectivity index (χ4n) is 3.51. The van der Waals surface area contributed by atoms with Crippen LogP contribution in [0.5, 0.6) is 5.75 Å². The van der Waals surface area contributed by atoms with Crippen molar-refractivity contribution in [2.24, 2.45) is 11.8 Å². The summed E-state index contributed by atoms with van der Waals surface area (Å²) in [6, 6.07) is 4.23. The minimum atomic E-state index is -3.91. The van der Waals surface area contributed by atoms with Crippen LogP contribution in [-0.4, -0.2) is 93.1 Å². The lowest BCUT2D eigenvalue weighted by Crippen LogP contribution is -2.50.